The molecule has 1 aliphatic heterocycles. The highest BCUT2D eigenvalue weighted by Crippen LogP contribution is 2.38. The summed E-state index contributed by atoms with van der Waals surface area (Å²) in [6.45, 7) is 2.92. The van der Waals surface area contributed by atoms with E-state index in [0.29, 0.717) is 25.1 Å². The molecule has 0 bridgehead atoms. The predicted molar refractivity (Wildman–Crippen MR) is 92.2 cm³/mol. The summed E-state index contributed by atoms with van der Waals surface area (Å²) in [6.07, 6.45) is 2.15. The Morgan fingerprint density at radius 3 is 2.88 bits per heavy atom. The largest absolute Gasteiger partial charge is 0.478 e. The zero-order valence-electron chi connectivity index (χ0n) is 13.1. The van der Waals surface area contributed by atoms with E-state index in [2.05, 4.69) is 10.3 Å². The van der Waals surface area contributed by atoms with Crippen molar-refractivity contribution in [3.05, 3.63) is 32.6 Å². The molecule has 24 heavy (non-hydrogen) atoms. The molecule has 3 rings (SSSR count). The minimum atomic E-state index is -3.91. The van der Waals surface area contributed by atoms with Crippen molar-refractivity contribution in [3.8, 4) is 0 Å². The Hall–Kier alpha value is -1.33. The number of hydrogen-bond donors (Lipinski definition) is 2. The van der Waals surface area contributed by atoms with Crippen LogP contribution in [0.5, 0.6) is 0 Å². The van der Waals surface area contributed by atoms with Gasteiger partial charge in [-0.15, -0.1) is 22.7 Å². The number of nitrogens with zero attached hydrogens (tertiary/aromatic N) is 2. The van der Waals surface area contributed by atoms with Gasteiger partial charge in [-0.05, 0) is 25.5 Å². The van der Waals surface area contributed by atoms with Crippen LogP contribution in [0.2, 0.25) is 0 Å². The number of sulfonamides is 1. The standard InChI is InChI=1S/C14H17N3O4S3/c1-8(10-5-16-7-22-10)17(2)24(20,21)14-12(13(18)19)9-3-4-15-6-11(9)23-14/h5,7-8,15H,3-4,6H2,1-2H3,(H,18,19)/t8-/m0/s1. The van der Waals surface area contributed by atoms with Crippen molar-refractivity contribution in [1.82, 2.24) is 14.6 Å². The van der Waals surface area contributed by atoms with Gasteiger partial charge < -0.3 is 10.4 Å². The molecule has 130 valence electrons. The second-order valence-corrected chi connectivity index (χ2v) is 9.72. The minimum absolute atomic E-state index is 0.0696. The van der Waals surface area contributed by atoms with Crippen LogP contribution in [0.1, 0.15) is 38.6 Å². The summed E-state index contributed by atoms with van der Waals surface area (Å²) < 4.78 is 27.2. The molecule has 3 heterocycles. The van der Waals surface area contributed by atoms with Crippen molar-refractivity contribution < 1.29 is 18.3 Å². The Balaban J connectivity index is 2.07. The summed E-state index contributed by atoms with van der Waals surface area (Å²) in [5.74, 6) is -1.19. The van der Waals surface area contributed by atoms with E-state index in [0.717, 1.165) is 21.1 Å². The molecule has 0 saturated heterocycles. The number of carbonyl (C=O) groups is 1. The van der Waals surface area contributed by atoms with E-state index in [1.165, 1.54) is 22.7 Å². The summed E-state index contributed by atoms with van der Waals surface area (Å²) in [5.41, 5.74) is 2.22. The molecule has 0 aliphatic carbocycles. The molecule has 1 atom stereocenters. The average molecular weight is 388 g/mol. The zero-order valence-corrected chi connectivity index (χ0v) is 15.6. The molecule has 2 N–H and O–H groups in total. The van der Waals surface area contributed by atoms with E-state index in [9.17, 15) is 18.3 Å². The van der Waals surface area contributed by atoms with Crippen molar-refractivity contribution in [2.24, 2.45) is 0 Å². The van der Waals surface area contributed by atoms with Gasteiger partial charge in [-0.1, -0.05) is 0 Å². The molecule has 2 aromatic rings. The maximum atomic E-state index is 13.0. The van der Waals surface area contributed by atoms with E-state index in [1.54, 1.807) is 18.6 Å². The average Bonchev–Trinajstić information content (AvgIpc) is 3.20. The summed E-state index contributed by atoms with van der Waals surface area (Å²) >= 11 is 2.42. The number of thiophene rings is 1. The molecule has 0 spiro atoms. The zero-order chi connectivity index (χ0) is 17.5. The Bertz CT molecular complexity index is 858. The highest BCUT2D eigenvalue weighted by atomic mass is 32.2. The number of fused-ring (bicyclic) bond motifs is 1. The molecule has 0 aromatic carbocycles. The van der Waals surface area contributed by atoms with Crippen molar-refractivity contribution in [2.45, 2.75) is 30.1 Å². The summed E-state index contributed by atoms with van der Waals surface area (Å²) in [6, 6.07) is -0.415. The van der Waals surface area contributed by atoms with Gasteiger partial charge in [-0.2, -0.15) is 4.31 Å². The lowest BCUT2D eigenvalue weighted by atomic mass is 10.1. The molecule has 0 fully saturated rings. The summed E-state index contributed by atoms with van der Waals surface area (Å²) in [5, 5.41) is 12.7. The number of carboxylic acid groups (broad SMARTS) is 1. The third-order valence-electron chi connectivity index (χ3n) is 4.13. The molecular formula is C14H17N3O4S3. The molecule has 0 saturated carbocycles. The predicted octanol–water partition coefficient (Wildman–Crippen LogP) is 1.93. The molecule has 0 unspecified atom stereocenters. The van der Waals surface area contributed by atoms with Crippen LogP contribution >= 0.6 is 22.7 Å². The highest BCUT2D eigenvalue weighted by molar-refractivity contribution is 7.91. The minimum Gasteiger partial charge on any atom is -0.478 e. The molecule has 10 heteroatoms. The number of rotatable bonds is 5. The summed E-state index contributed by atoms with van der Waals surface area (Å²) in [4.78, 5) is 17.3. The topological polar surface area (TPSA) is 99.6 Å². The Morgan fingerprint density at radius 2 is 2.25 bits per heavy atom. The SMILES string of the molecule is C[C@@H](c1cncs1)N(C)S(=O)(=O)c1sc2c(c1C(=O)O)CCNC2. The van der Waals surface area contributed by atoms with Gasteiger partial charge in [-0.25, -0.2) is 13.2 Å². The molecule has 7 nitrogen and oxygen atoms in total. The lowest BCUT2D eigenvalue weighted by molar-refractivity contribution is 0.0692. The van der Waals surface area contributed by atoms with E-state index in [1.807, 2.05) is 0 Å². The van der Waals surface area contributed by atoms with Gasteiger partial charge in [0.2, 0.25) is 0 Å². The molecule has 1 aliphatic rings. The molecule has 0 amide bonds. The fourth-order valence-corrected chi connectivity index (χ4v) is 6.82. The van der Waals surface area contributed by atoms with E-state index < -0.39 is 22.0 Å². The van der Waals surface area contributed by atoms with Crippen LogP contribution in [0, 0.1) is 0 Å². The van der Waals surface area contributed by atoms with Crippen molar-refractivity contribution in [3.63, 3.8) is 0 Å². The number of carboxylic acids is 1. The van der Waals surface area contributed by atoms with E-state index in [-0.39, 0.29) is 9.77 Å². The Labute approximate surface area is 148 Å². The number of thiazole rings is 1. The monoisotopic (exact) mass is 387 g/mol. The lowest BCUT2D eigenvalue weighted by Gasteiger charge is -2.22. The van der Waals surface area contributed by atoms with Crippen molar-refractivity contribution >= 4 is 38.7 Å². The van der Waals surface area contributed by atoms with Crippen LogP contribution < -0.4 is 5.32 Å². The van der Waals surface area contributed by atoms with Crippen molar-refractivity contribution in [1.29, 1.82) is 0 Å². The summed E-state index contributed by atoms with van der Waals surface area (Å²) in [7, 11) is -2.44. The highest BCUT2D eigenvalue weighted by Gasteiger charge is 2.36. The maximum Gasteiger partial charge on any atom is 0.338 e. The van der Waals surface area contributed by atoms with Crippen LogP contribution in [-0.4, -0.2) is 42.4 Å². The van der Waals surface area contributed by atoms with Gasteiger partial charge in [0, 0.05) is 29.5 Å². The van der Waals surface area contributed by atoms with Crippen LogP contribution in [0.15, 0.2) is 15.9 Å². The molecular weight excluding hydrogens is 370 g/mol. The molecule has 0 radical (unpaired) electrons. The molecule has 2 aromatic heterocycles. The fraction of sp³-hybridized carbons (Fsp3) is 0.429. The van der Waals surface area contributed by atoms with Crippen molar-refractivity contribution in [2.75, 3.05) is 13.6 Å². The van der Waals surface area contributed by atoms with Gasteiger partial charge in [0.25, 0.3) is 10.0 Å². The normalized spacial score (nSPS) is 16.1. The number of nitrogens with one attached hydrogen (secondary N) is 1. The number of hydrogen-bond acceptors (Lipinski definition) is 7. The van der Waals surface area contributed by atoms with Gasteiger partial charge in [0.05, 0.1) is 17.1 Å². The Kier molecular flexibility index (Phi) is 4.76. The van der Waals surface area contributed by atoms with Crippen LogP contribution in [0.4, 0.5) is 0 Å². The van der Waals surface area contributed by atoms with Gasteiger partial charge >= 0.3 is 5.97 Å². The number of aromatic nitrogens is 1. The van der Waals surface area contributed by atoms with Crippen LogP contribution in [-0.2, 0) is 23.0 Å². The van der Waals surface area contributed by atoms with Gasteiger partial charge in [0.1, 0.15) is 4.21 Å². The second-order valence-electron chi connectivity index (χ2n) is 5.50. The van der Waals surface area contributed by atoms with Crippen LogP contribution in [0.25, 0.3) is 0 Å². The number of aromatic carboxylic acids is 1. The fourth-order valence-electron chi connectivity index (χ4n) is 2.66. The van der Waals surface area contributed by atoms with E-state index >= 15 is 0 Å². The second kappa shape index (κ2) is 6.52. The first-order valence-electron chi connectivity index (χ1n) is 7.29. The van der Waals surface area contributed by atoms with E-state index in [4.69, 9.17) is 0 Å². The van der Waals surface area contributed by atoms with Gasteiger partial charge in [0.15, 0.2) is 0 Å². The quantitative estimate of drug-likeness (QED) is 0.813. The third kappa shape index (κ3) is 2.88. The van der Waals surface area contributed by atoms with Crippen LogP contribution in [0.3, 0.4) is 0 Å². The Morgan fingerprint density at radius 1 is 1.50 bits per heavy atom. The lowest BCUT2D eigenvalue weighted by Crippen LogP contribution is -2.30. The van der Waals surface area contributed by atoms with Gasteiger partial charge in [-0.3, -0.25) is 4.98 Å². The first kappa shape index (κ1) is 17.5. The first-order chi connectivity index (χ1) is 11.3. The smallest absolute Gasteiger partial charge is 0.338 e. The first-order valence-corrected chi connectivity index (χ1v) is 10.4. The maximum absolute atomic E-state index is 13.0. The third-order valence-corrected chi connectivity index (χ3v) is 8.73.